The first kappa shape index (κ1) is 14.4. The minimum Gasteiger partial charge on any atom is -0.467 e. The fourth-order valence-electron chi connectivity index (χ4n) is 1.37. The Labute approximate surface area is 123 Å². The number of nitrogens with zero attached hydrogens (tertiary/aromatic N) is 3. The molecule has 1 aromatic carbocycles. The van der Waals surface area contributed by atoms with E-state index in [0.717, 1.165) is 0 Å². The molecule has 6 nitrogen and oxygen atoms in total. The minimum atomic E-state index is -0.420. The minimum absolute atomic E-state index is 0.0131. The van der Waals surface area contributed by atoms with E-state index < -0.39 is 5.82 Å². The number of hydrogen-bond acceptors (Lipinski definition) is 6. The predicted octanol–water partition coefficient (Wildman–Crippen LogP) is 3.01. The summed E-state index contributed by atoms with van der Waals surface area (Å²) in [6.45, 7) is 2.54. The van der Waals surface area contributed by atoms with Crippen molar-refractivity contribution in [2.24, 2.45) is 0 Å². The summed E-state index contributed by atoms with van der Waals surface area (Å²) in [5.74, 6) is 0.165. The molecule has 1 aromatic heterocycles. The van der Waals surface area contributed by atoms with Gasteiger partial charge in [-0.1, -0.05) is 0 Å². The molecule has 0 fully saturated rings. The van der Waals surface area contributed by atoms with Gasteiger partial charge in [-0.15, -0.1) is 4.98 Å². The van der Waals surface area contributed by atoms with E-state index in [1.54, 1.807) is 0 Å². The van der Waals surface area contributed by atoms with Gasteiger partial charge in [-0.2, -0.15) is 9.97 Å². The summed E-state index contributed by atoms with van der Waals surface area (Å²) in [6, 6.07) is 4.20. The maximum atomic E-state index is 13.2. The molecule has 0 unspecified atom stereocenters. The number of methoxy groups -OCH3 is 1. The number of ether oxygens (including phenoxy) is 2. The topological polar surface area (TPSA) is 69.2 Å². The fourth-order valence-corrected chi connectivity index (χ4v) is 1.69. The average Bonchev–Trinajstić information content (AvgIpc) is 2.43. The van der Waals surface area contributed by atoms with Gasteiger partial charge in [0.2, 0.25) is 5.95 Å². The highest BCUT2D eigenvalue weighted by Crippen LogP contribution is 2.29. The van der Waals surface area contributed by atoms with Crippen LogP contribution in [0.5, 0.6) is 17.8 Å². The lowest BCUT2D eigenvalue weighted by atomic mass is 10.3. The van der Waals surface area contributed by atoms with E-state index in [2.05, 4.69) is 36.2 Å². The highest BCUT2D eigenvalue weighted by Gasteiger charge is 2.11. The number of rotatable bonds is 5. The van der Waals surface area contributed by atoms with Crippen LogP contribution in [0.15, 0.2) is 22.7 Å². The molecule has 8 heteroatoms. The van der Waals surface area contributed by atoms with E-state index >= 15 is 0 Å². The molecule has 2 rings (SSSR count). The monoisotopic (exact) mass is 342 g/mol. The number of halogens is 2. The van der Waals surface area contributed by atoms with Crippen LogP contribution in [0.4, 0.5) is 10.3 Å². The van der Waals surface area contributed by atoms with Crippen LogP contribution in [0, 0.1) is 5.82 Å². The maximum Gasteiger partial charge on any atom is 0.330 e. The number of hydrogen-bond donors (Lipinski definition) is 1. The van der Waals surface area contributed by atoms with Crippen LogP contribution in [0.2, 0.25) is 0 Å². The zero-order valence-corrected chi connectivity index (χ0v) is 12.4. The molecule has 0 aliphatic heterocycles. The third-order valence-electron chi connectivity index (χ3n) is 2.21. The maximum absolute atomic E-state index is 13.2. The molecule has 1 N–H and O–H groups in total. The lowest BCUT2D eigenvalue weighted by Crippen LogP contribution is -2.06. The third kappa shape index (κ3) is 3.53. The van der Waals surface area contributed by atoms with Crippen molar-refractivity contribution in [2.75, 3.05) is 19.0 Å². The Morgan fingerprint density at radius 1 is 1.25 bits per heavy atom. The van der Waals surface area contributed by atoms with E-state index in [9.17, 15) is 4.39 Å². The Hall–Kier alpha value is -1.96. The van der Waals surface area contributed by atoms with Gasteiger partial charge in [0.25, 0.3) is 0 Å². The molecule has 1 heterocycles. The summed E-state index contributed by atoms with van der Waals surface area (Å²) in [6.07, 6.45) is 0. The number of benzene rings is 1. The van der Waals surface area contributed by atoms with Crippen LogP contribution in [0.25, 0.3) is 0 Å². The van der Waals surface area contributed by atoms with Gasteiger partial charge in [-0.05, 0) is 35.0 Å². The highest BCUT2D eigenvalue weighted by atomic mass is 79.9. The van der Waals surface area contributed by atoms with Crippen molar-refractivity contribution < 1.29 is 13.9 Å². The lowest BCUT2D eigenvalue weighted by Gasteiger charge is -2.08. The zero-order valence-electron chi connectivity index (χ0n) is 10.9. The molecule has 20 heavy (non-hydrogen) atoms. The predicted molar refractivity (Wildman–Crippen MR) is 74.7 cm³/mol. The molecule has 0 amide bonds. The molecule has 0 radical (unpaired) electrons. The second-order valence-electron chi connectivity index (χ2n) is 3.64. The van der Waals surface area contributed by atoms with E-state index in [0.29, 0.717) is 17.0 Å². The molecule has 0 bridgehead atoms. The Morgan fingerprint density at radius 3 is 2.70 bits per heavy atom. The quantitative estimate of drug-likeness (QED) is 0.900. The summed E-state index contributed by atoms with van der Waals surface area (Å²) in [5, 5.41) is 2.93. The molecule has 0 atom stereocenters. The Bertz CT molecular complexity index is 612. The second kappa shape index (κ2) is 6.47. The van der Waals surface area contributed by atoms with E-state index in [-0.39, 0.29) is 17.8 Å². The molecule has 0 saturated carbocycles. The number of aromatic nitrogens is 3. The summed E-state index contributed by atoms with van der Waals surface area (Å²) < 4.78 is 24.2. The zero-order chi connectivity index (χ0) is 14.5. The third-order valence-corrected chi connectivity index (χ3v) is 2.86. The Kier molecular flexibility index (Phi) is 4.67. The molecule has 0 saturated heterocycles. The first-order valence-corrected chi connectivity index (χ1v) is 6.58. The smallest absolute Gasteiger partial charge is 0.330 e. The van der Waals surface area contributed by atoms with E-state index in [1.807, 2.05) is 6.92 Å². The standard InChI is InChI=1S/C12H12BrFN4O2/c1-3-15-10-16-11(19-2)18-12(17-10)20-9-6-7(14)4-5-8(9)13/h4-6H,3H2,1-2H3,(H,15,16,17,18). The largest absolute Gasteiger partial charge is 0.467 e. The van der Waals surface area contributed by atoms with Crippen LogP contribution in [0.3, 0.4) is 0 Å². The summed E-state index contributed by atoms with van der Waals surface area (Å²) in [7, 11) is 1.44. The molecule has 0 spiro atoms. The highest BCUT2D eigenvalue weighted by molar-refractivity contribution is 9.10. The first-order valence-electron chi connectivity index (χ1n) is 5.79. The molecule has 0 aliphatic rings. The molecule has 2 aromatic rings. The normalized spacial score (nSPS) is 10.2. The van der Waals surface area contributed by atoms with Crippen LogP contribution in [-0.4, -0.2) is 28.6 Å². The summed E-state index contributed by atoms with van der Waals surface area (Å²) in [5.41, 5.74) is 0. The Morgan fingerprint density at radius 2 is 2.00 bits per heavy atom. The molecular weight excluding hydrogens is 331 g/mol. The molecule has 0 aliphatic carbocycles. The van der Waals surface area contributed by atoms with Gasteiger partial charge in [0.15, 0.2) is 0 Å². The molecule has 106 valence electrons. The molecular formula is C12H12BrFN4O2. The van der Waals surface area contributed by atoms with Gasteiger partial charge in [0, 0.05) is 12.6 Å². The Balaban J connectivity index is 2.32. The van der Waals surface area contributed by atoms with Crippen LogP contribution < -0.4 is 14.8 Å². The van der Waals surface area contributed by atoms with Gasteiger partial charge < -0.3 is 14.8 Å². The second-order valence-corrected chi connectivity index (χ2v) is 4.49. The van der Waals surface area contributed by atoms with Crippen LogP contribution >= 0.6 is 15.9 Å². The van der Waals surface area contributed by atoms with Crippen molar-refractivity contribution in [3.05, 3.63) is 28.5 Å². The van der Waals surface area contributed by atoms with Crippen molar-refractivity contribution >= 4 is 21.9 Å². The summed E-state index contributed by atoms with van der Waals surface area (Å²) >= 11 is 3.26. The number of nitrogens with one attached hydrogen (secondary N) is 1. The van der Waals surface area contributed by atoms with Crippen LogP contribution in [-0.2, 0) is 0 Å². The fraction of sp³-hybridized carbons (Fsp3) is 0.250. The average molecular weight is 343 g/mol. The van der Waals surface area contributed by atoms with Gasteiger partial charge >= 0.3 is 12.0 Å². The van der Waals surface area contributed by atoms with Gasteiger partial charge in [0.05, 0.1) is 11.6 Å². The van der Waals surface area contributed by atoms with Crippen molar-refractivity contribution in [1.82, 2.24) is 15.0 Å². The number of anilines is 1. The van der Waals surface area contributed by atoms with Crippen molar-refractivity contribution in [2.45, 2.75) is 6.92 Å². The van der Waals surface area contributed by atoms with Crippen molar-refractivity contribution in [3.63, 3.8) is 0 Å². The SMILES string of the molecule is CCNc1nc(OC)nc(Oc2cc(F)ccc2Br)n1. The summed E-state index contributed by atoms with van der Waals surface area (Å²) in [4.78, 5) is 12.0. The lowest BCUT2D eigenvalue weighted by molar-refractivity contribution is 0.359. The van der Waals surface area contributed by atoms with Gasteiger partial charge in [0.1, 0.15) is 11.6 Å². The van der Waals surface area contributed by atoms with Crippen molar-refractivity contribution in [3.8, 4) is 17.8 Å². The van der Waals surface area contributed by atoms with Gasteiger partial charge in [-0.3, -0.25) is 0 Å². The van der Waals surface area contributed by atoms with E-state index in [1.165, 1.54) is 25.3 Å². The first-order chi connectivity index (χ1) is 9.62. The van der Waals surface area contributed by atoms with E-state index in [4.69, 9.17) is 9.47 Å². The van der Waals surface area contributed by atoms with Crippen LogP contribution in [0.1, 0.15) is 6.92 Å². The van der Waals surface area contributed by atoms with Gasteiger partial charge in [-0.25, -0.2) is 4.39 Å². The van der Waals surface area contributed by atoms with Crippen molar-refractivity contribution in [1.29, 1.82) is 0 Å².